The van der Waals surface area contributed by atoms with E-state index in [4.69, 9.17) is 9.73 Å². The molecule has 36 heavy (non-hydrogen) atoms. The van der Waals surface area contributed by atoms with Gasteiger partial charge in [-0.05, 0) is 94.2 Å². The summed E-state index contributed by atoms with van der Waals surface area (Å²) in [6, 6.07) is 13.9. The Hall–Kier alpha value is -3.67. The zero-order valence-electron chi connectivity index (χ0n) is 22.2. The van der Waals surface area contributed by atoms with Gasteiger partial charge in [-0.15, -0.1) is 0 Å². The average molecular weight is 488 g/mol. The number of rotatable bonds is 10. The Morgan fingerprint density at radius 3 is 2.28 bits per heavy atom. The molecule has 0 fully saturated rings. The second kappa shape index (κ2) is 12.3. The molecule has 0 aromatic heterocycles. The molecule has 1 aliphatic carbocycles. The second-order valence-corrected chi connectivity index (χ2v) is 8.90. The number of carbonyl (C=O) groups excluding carboxylic acids is 2. The normalized spacial score (nSPS) is 15.3. The fourth-order valence-corrected chi connectivity index (χ4v) is 4.18. The maximum absolute atomic E-state index is 13.1. The highest BCUT2D eigenvalue weighted by Crippen LogP contribution is 2.24. The van der Waals surface area contributed by atoms with Crippen molar-refractivity contribution in [2.75, 3.05) is 18.0 Å². The molecule has 2 aromatic rings. The summed E-state index contributed by atoms with van der Waals surface area (Å²) in [4.78, 5) is 32.9. The van der Waals surface area contributed by atoms with Gasteiger partial charge in [0.25, 0.3) is 5.91 Å². The summed E-state index contributed by atoms with van der Waals surface area (Å²) in [7, 11) is 0. The summed E-state index contributed by atoms with van der Waals surface area (Å²) in [5.41, 5.74) is 5.75. The van der Waals surface area contributed by atoms with Crippen molar-refractivity contribution in [3.8, 4) is 5.75 Å². The number of amides is 1. The van der Waals surface area contributed by atoms with Gasteiger partial charge in [-0.1, -0.05) is 31.5 Å². The number of hydrogen-bond donors (Lipinski definition) is 1. The molecular weight excluding hydrogens is 450 g/mol. The Morgan fingerprint density at radius 2 is 1.69 bits per heavy atom. The number of aryl methyl sites for hydroxylation is 2. The van der Waals surface area contributed by atoms with Gasteiger partial charge in [0.15, 0.2) is 6.10 Å². The second-order valence-electron chi connectivity index (χ2n) is 8.90. The van der Waals surface area contributed by atoms with Crippen molar-refractivity contribution in [3.05, 3.63) is 77.0 Å². The van der Waals surface area contributed by atoms with Crippen LogP contribution in [-0.2, 0) is 9.59 Å². The molecule has 0 radical (unpaired) electrons. The van der Waals surface area contributed by atoms with E-state index in [9.17, 15) is 9.59 Å². The molecular formula is C30H37N3O3. The molecule has 190 valence electrons. The Balaban J connectivity index is 1.81. The Bertz CT molecular complexity index is 1190. The van der Waals surface area contributed by atoms with Crippen LogP contribution in [-0.4, -0.2) is 36.6 Å². The van der Waals surface area contributed by atoms with Crippen LogP contribution in [0.15, 0.2) is 70.9 Å². The first-order chi connectivity index (χ1) is 17.3. The standard InChI is InChI=1S/C30H37N3O3/c1-7-22-18-27(34)26(19-25(22)31-23-12-14-24(15-13-23)33(9-3)10-4)32-30(35)28(8-2)36-29-16-11-20(5)17-21(29)6/h11-19,28H,7-10H2,1-6H3,(H,32,35). The number of nitrogens with one attached hydrogen (secondary N) is 1. The van der Waals surface area contributed by atoms with E-state index >= 15 is 0 Å². The number of ketones is 1. The van der Waals surface area contributed by atoms with Crippen molar-refractivity contribution in [3.63, 3.8) is 0 Å². The molecule has 1 amide bonds. The van der Waals surface area contributed by atoms with E-state index in [-0.39, 0.29) is 17.4 Å². The third kappa shape index (κ3) is 6.51. The minimum absolute atomic E-state index is 0.207. The molecule has 0 spiro atoms. The number of aliphatic imine (C=N–C) groups is 1. The number of carbonyl (C=O) groups is 2. The zero-order chi connectivity index (χ0) is 26.2. The minimum Gasteiger partial charge on any atom is -0.480 e. The third-order valence-electron chi connectivity index (χ3n) is 6.31. The van der Waals surface area contributed by atoms with E-state index in [1.54, 1.807) is 12.2 Å². The number of benzene rings is 2. The van der Waals surface area contributed by atoms with Crippen LogP contribution >= 0.6 is 0 Å². The van der Waals surface area contributed by atoms with Crippen molar-refractivity contribution >= 4 is 28.8 Å². The average Bonchev–Trinajstić information content (AvgIpc) is 2.87. The summed E-state index contributed by atoms with van der Waals surface area (Å²) in [5.74, 6) is 0.0703. The van der Waals surface area contributed by atoms with E-state index in [0.29, 0.717) is 24.3 Å². The summed E-state index contributed by atoms with van der Waals surface area (Å²) < 4.78 is 6.00. The van der Waals surface area contributed by atoms with Gasteiger partial charge in [0.2, 0.25) is 5.78 Å². The molecule has 1 aliphatic rings. The summed E-state index contributed by atoms with van der Waals surface area (Å²) in [6.45, 7) is 14.0. The van der Waals surface area contributed by atoms with Gasteiger partial charge in [-0.3, -0.25) is 9.59 Å². The number of allylic oxidation sites excluding steroid dienone is 3. The van der Waals surface area contributed by atoms with E-state index in [0.717, 1.165) is 41.2 Å². The maximum atomic E-state index is 13.1. The summed E-state index contributed by atoms with van der Waals surface area (Å²) in [5, 5.41) is 2.79. The van der Waals surface area contributed by atoms with Gasteiger partial charge in [-0.2, -0.15) is 0 Å². The van der Waals surface area contributed by atoms with E-state index < -0.39 is 6.10 Å². The van der Waals surface area contributed by atoms with Crippen molar-refractivity contribution in [1.82, 2.24) is 5.32 Å². The summed E-state index contributed by atoms with van der Waals surface area (Å²) in [6.07, 6.45) is 3.64. The highest BCUT2D eigenvalue weighted by molar-refractivity contribution is 6.23. The third-order valence-corrected chi connectivity index (χ3v) is 6.31. The Kier molecular flexibility index (Phi) is 9.23. The Morgan fingerprint density at radius 1 is 1.00 bits per heavy atom. The van der Waals surface area contributed by atoms with Gasteiger partial charge in [0.05, 0.1) is 17.1 Å². The van der Waals surface area contributed by atoms with Crippen LogP contribution in [0.5, 0.6) is 5.75 Å². The molecule has 2 aromatic carbocycles. The molecule has 1 atom stereocenters. The van der Waals surface area contributed by atoms with Crippen LogP contribution in [0.3, 0.4) is 0 Å². The SMILES string of the molecule is CCC1=CC(=O)C(NC(=O)C(CC)Oc2ccc(C)cc2C)=CC1=Nc1ccc(N(CC)CC)cc1. The van der Waals surface area contributed by atoms with Crippen LogP contribution in [0.2, 0.25) is 0 Å². The molecule has 6 nitrogen and oxygen atoms in total. The van der Waals surface area contributed by atoms with Crippen molar-refractivity contribution in [2.45, 2.75) is 60.5 Å². The molecule has 3 rings (SSSR count). The maximum Gasteiger partial charge on any atom is 0.265 e. The number of ether oxygens (including phenoxy) is 1. The van der Waals surface area contributed by atoms with E-state index in [1.807, 2.05) is 58.0 Å². The van der Waals surface area contributed by atoms with E-state index in [2.05, 4.69) is 36.2 Å². The highest BCUT2D eigenvalue weighted by atomic mass is 16.5. The number of anilines is 1. The van der Waals surface area contributed by atoms with Crippen LogP contribution in [0, 0.1) is 13.8 Å². The fraction of sp³-hybridized carbons (Fsp3) is 0.367. The molecule has 0 bridgehead atoms. The first-order valence-corrected chi connectivity index (χ1v) is 12.7. The van der Waals surface area contributed by atoms with Crippen molar-refractivity contribution in [1.29, 1.82) is 0 Å². The first-order valence-electron chi connectivity index (χ1n) is 12.7. The predicted molar refractivity (Wildman–Crippen MR) is 147 cm³/mol. The lowest BCUT2D eigenvalue weighted by Crippen LogP contribution is -2.40. The van der Waals surface area contributed by atoms with Gasteiger partial charge in [-0.25, -0.2) is 4.99 Å². The first kappa shape index (κ1) is 26.9. The van der Waals surface area contributed by atoms with Gasteiger partial charge < -0.3 is 15.0 Å². The van der Waals surface area contributed by atoms with Crippen LogP contribution in [0.1, 0.15) is 51.7 Å². The topological polar surface area (TPSA) is 71.0 Å². The minimum atomic E-state index is -0.718. The lowest BCUT2D eigenvalue weighted by Gasteiger charge is -2.21. The summed E-state index contributed by atoms with van der Waals surface area (Å²) >= 11 is 0. The lowest BCUT2D eigenvalue weighted by atomic mass is 9.98. The molecule has 0 saturated carbocycles. The lowest BCUT2D eigenvalue weighted by molar-refractivity contribution is -0.128. The molecule has 0 heterocycles. The zero-order valence-corrected chi connectivity index (χ0v) is 22.2. The van der Waals surface area contributed by atoms with Gasteiger partial charge in [0, 0.05) is 18.8 Å². The van der Waals surface area contributed by atoms with Gasteiger partial charge in [0.1, 0.15) is 5.75 Å². The monoisotopic (exact) mass is 487 g/mol. The van der Waals surface area contributed by atoms with Crippen LogP contribution in [0.25, 0.3) is 0 Å². The molecule has 0 saturated heterocycles. The molecule has 6 heteroatoms. The van der Waals surface area contributed by atoms with Gasteiger partial charge >= 0.3 is 0 Å². The predicted octanol–water partition coefficient (Wildman–Crippen LogP) is 6.00. The largest absolute Gasteiger partial charge is 0.480 e. The number of nitrogens with zero attached hydrogens (tertiary/aromatic N) is 2. The van der Waals surface area contributed by atoms with Crippen LogP contribution < -0.4 is 15.0 Å². The number of hydrogen-bond acceptors (Lipinski definition) is 5. The fourth-order valence-electron chi connectivity index (χ4n) is 4.18. The molecule has 1 N–H and O–H groups in total. The van der Waals surface area contributed by atoms with Crippen molar-refractivity contribution in [2.24, 2.45) is 4.99 Å². The van der Waals surface area contributed by atoms with Crippen LogP contribution in [0.4, 0.5) is 11.4 Å². The molecule has 0 aliphatic heterocycles. The smallest absolute Gasteiger partial charge is 0.265 e. The van der Waals surface area contributed by atoms with E-state index in [1.165, 1.54) is 0 Å². The molecule has 1 unspecified atom stereocenters. The highest BCUT2D eigenvalue weighted by Gasteiger charge is 2.25. The van der Waals surface area contributed by atoms with Crippen molar-refractivity contribution < 1.29 is 14.3 Å². The Labute approximate surface area is 214 Å². The quantitative estimate of drug-likeness (QED) is 0.417.